The third-order valence-electron chi connectivity index (χ3n) is 2.75. The van der Waals surface area contributed by atoms with E-state index < -0.39 is 4.92 Å². The highest BCUT2D eigenvalue weighted by Gasteiger charge is 2.12. The lowest BCUT2D eigenvalue weighted by atomic mass is 10.2. The highest BCUT2D eigenvalue weighted by molar-refractivity contribution is 9.10. The predicted octanol–water partition coefficient (Wildman–Crippen LogP) is 4.34. The van der Waals surface area contributed by atoms with Gasteiger partial charge >= 0.3 is 0 Å². The zero-order valence-electron chi connectivity index (χ0n) is 11.4. The van der Waals surface area contributed by atoms with Crippen LogP contribution in [0.1, 0.15) is 12.5 Å². The average molecular weight is 352 g/mol. The van der Waals surface area contributed by atoms with Crippen molar-refractivity contribution in [2.45, 2.75) is 13.5 Å². The second-order valence-corrected chi connectivity index (χ2v) is 5.09. The monoisotopic (exact) mass is 351 g/mol. The smallest absolute Gasteiger partial charge is 0.283 e. The topological polar surface area (TPSA) is 61.6 Å². The molecule has 0 fully saturated rings. The Kier molecular flexibility index (Phi) is 5.16. The van der Waals surface area contributed by atoms with Crippen LogP contribution in [-0.4, -0.2) is 11.5 Å². The molecule has 21 heavy (non-hydrogen) atoms. The number of rotatable bonds is 6. The van der Waals surface area contributed by atoms with E-state index in [4.69, 9.17) is 9.47 Å². The molecule has 110 valence electrons. The summed E-state index contributed by atoms with van der Waals surface area (Å²) < 4.78 is 11.4. The summed E-state index contributed by atoms with van der Waals surface area (Å²) in [7, 11) is 0. The van der Waals surface area contributed by atoms with Crippen molar-refractivity contribution in [3.63, 3.8) is 0 Å². The first kappa shape index (κ1) is 15.3. The van der Waals surface area contributed by atoms with Crippen LogP contribution in [0.25, 0.3) is 0 Å². The molecule has 0 aromatic heterocycles. The lowest BCUT2D eigenvalue weighted by molar-refractivity contribution is -0.385. The molecule has 0 bridgehead atoms. The van der Waals surface area contributed by atoms with E-state index in [1.807, 2.05) is 19.1 Å². The van der Waals surface area contributed by atoms with Gasteiger partial charge in [-0.2, -0.15) is 0 Å². The Hall–Kier alpha value is -2.08. The van der Waals surface area contributed by atoms with Gasteiger partial charge in [-0.25, -0.2) is 0 Å². The van der Waals surface area contributed by atoms with Crippen LogP contribution in [0.2, 0.25) is 0 Å². The molecular formula is C15H14BrNO4. The Bertz CT molecular complexity index is 628. The van der Waals surface area contributed by atoms with Crippen LogP contribution >= 0.6 is 15.9 Å². The van der Waals surface area contributed by atoms with E-state index in [0.717, 1.165) is 11.3 Å². The lowest BCUT2D eigenvalue weighted by Crippen LogP contribution is -1.98. The molecule has 0 aliphatic carbocycles. The van der Waals surface area contributed by atoms with Gasteiger partial charge in [-0.05, 0) is 58.7 Å². The van der Waals surface area contributed by atoms with Crippen LogP contribution in [0, 0.1) is 10.1 Å². The Morgan fingerprint density at radius 2 is 1.71 bits per heavy atom. The van der Waals surface area contributed by atoms with Gasteiger partial charge in [-0.1, -0.05) is 6.07 Å². The summed E-state index contributed by atoms with van der Waals surface area (Å²) in [5, 5.41) is 10.9. The number of benzene rings is 2. The lowest BCUT2D eigenvalue weighted by Gasteiger charge is -2.08. The van der Waals surface area contributed by atoms with E-state index >= 15 is 0 Å². The number of nitrogens with zero attached hydrogens (tertiary/aromatic N) is 1. The fourth-order valence-electron chi connectivity index (χ4n) is 1.75. The molecule has 0 atom stereocenters. The molecular weight excluding hydrogens is 338 g/mol. The molecule has 0 radical (unpaired) electrons. The van der Waals surface area contributed by atoms with Crippen molar-refractivity contribution >= 4 is 21.6 Å². The molecule has 0 aliphatic heterocycles. The minimum atomic E-state index is -0.426. The highest BCUT2D eigenvalue weighted by atomic mass is 79.9. The van der Waals surface area contributed by atoms with Crippen molar-refractivity contribution in [2.75, 3.05) is 6.61 Å². The third-order valence-corrected chi connectivity index (χ3v) is 3.42. The van der Waals surface area contributed by atoms with Crippen molar-refractivity contribution in [1.29, 1.82) is 0 Å². The van der Waals surface area contributed by atoms with Gasteiger partial charge in [0.1, 0.15) is 18.1 Å². The van der Waals surface area contributed by atoms with Crippen molar-refractivity contribution < 1.29 is 14.4 Å². The molecule has 0 N–H and O–H groups in total. The first-order valence-electron chi connectivity index (χ1n) is 6.38. The number of hydrogen-bond donors (Lipinski definition) is 0. The summed E-state index contributed by atoms with van der Waals surface area (Å²) >= 11 is 3.15. The van der Waals surface area contributed by atoms with Crippen LogP contribution in [-0.2, 0) is 6.61 Å². The van der Waals surface area contributed by atoms with Crippen LogP contribution in [0.5, 0.6) is 11.5 Å². The Labute approximate surface area is 130 Å². The Morgan fingerprint density at radius 1 is 1.10 bits per heavy atom. The first-order chi connectivity index (χ1) is 10.1. The van der Waals surface area contributed by atoms with Gasteiger partial charge in [0.2, 0.25) is 0 Å². The van der Waals surface area contributed by atoms with Gasteiger partial charge < -0.3 is 9.47 Å². The molecule has 2 aromatic rings. The molecule has 0 saturated heterocycles. The van der Waals surface area contributed by atoms with Crippen molar-refractivity contribution in [3.05, 3.63) is 62.6 Å². The Morgan fingerprint density at radius 3 is 2.29 bits per heavy atom. The molecule has 2 rings (SSSR count). The van der Waals surface area contributed by atoms with Crippen LogP contribution in [0.4, 0.5) is 5.69 Å². The molecule has 5 nitrogen and oxygen atoms in total. The molecule has 6 heteroatoms. The second-order valence-electron chi connectivity index (χ2n) is 4.24. The minimum absolute atomic E-state index is 0.0304. The SMILES string of the molecule is CCOc1ccc(OCc2ccc(Br)c([N+](=O)[O-])c2)cc1. The summed E-state index contributed by atoms with van der Waals surface area (Å²) in [6.45, 7) is 2.80. The number of nitro groups is 1. The van der Waals surface area contributed by atoms with Crippen LogP contribution < -0.4 is 9.47 Å². The molecule has 0 saturated carbocycles. The van der Waals surface area contributed by atoms with Crippen molar-refractivity contribution in [2.24, 2.45) is 0 Å². The fraction of sp³-hybridized carbons (Fsp3) is 0.200. The Balaban J connectivity index is 2.02. The first-order valence-corrected chi connectivity index (χ1v) is 7.18. The average Bonchev–Trinajstić information content (AvgIpc) is 2.48. The van der Waals surface area contributed by atoms with E-state index in [-0.39, 0.29) is 12.3 Å². The van der Waals surface area contributed by atoms with E-state index in [1.165, 1.54) is 6.07 Å². The molecule has 0 unspecified atom stereocenters. The summed E-state index contributed by atoms with van der Waals surface area (Å²) in [5.74, 6) is 1.47. The zero-order chi connectivity index (χ0) is 15.2. The van der Waals surface area contributed by atoms with Gasteiger partial charge in [-0.15, -0.1) is 0 Å². The van der Waals surface area contributed by atoms with Crippen LogP contribution in [0.15, 0.2) is 46.9 Å². The second kappa shape index (κ2) is 7.08. The van der Waals surface area contributed by atoms with Gasteiger partial charge in [0.15, 0.2) is 0 Å². The predicted molar refractivity (Wildman–Crippen MR) is 82.7 cm³/mol. The van der Waals surface area contributed by atoms with Gasteiger partial charge in [0, 0.05) is 6.07 Å². The minimum Gasteiger partial charge on any atom is -0.494 e. The maximum atomic E-state index is 10.9. The van der Waals surface area contributed by atoms with Gasteiger partial charge in [0.05, 0.1) is 16.0 Å². The van der Waals surface area contributed by atoms with Gasteiger partial charge in [-0.3, -0.25) is 10.1 Å². The quantitative estimate of drug-likeness (QED) is 0.573. The number of ether oxygens (including phenoxy) is 2. The van der Waals surface area contributed by atoms with Crippen molar-refractivity contribution in [3.8, 4) is 11.5 Å². The van der Waals surface area contributed by atoms with Crippen LogP contribution in [0.3, 0.4) is 0 Å². The van der Waals surface area contributed by atoms with Gasteiger partial charge in [0.25, 0.3) is 5.69 Å². The number of nitro benzene ring substituents is 1. The summed E-state index contributed by atoms with van der Waals surface area (Å²) in [6, 6.07) is 12.2. The molecule has 0 heterocycles. The zero-order valence-corrected chi connectivity index (χ0v) is 13.0. The number of halogens is 1. The van der Waals surface area contributed by atoms with E-state index in [2.05, 4.69) is 15.9 Å². The molecule has 0 amide bonds. The fourth-order valence-corrected chi connectivity index (χ4v) is 2.14. The molecule has 2 aromatic carbocycles. The van der Waals surface area contributed by atoms with Crippen molar-refractivity contribution in [1.82, 2.24) is 0 Å². The maximum absolute atomic E-state index is 10.9. The largest absolute Gasteiger partial charge is 0.494 e. The summed E-state index contributed by atoms with van der Waals surface area (Å²) in [5.41, 5.74) is 0.765. The highest BCUT2D eigenvalue weighted by Crippen LogP contribution is 2.26. The van der Waals surface area contributed by atoms with E-state index in [9.17, 15) is 10.1 Å². The standard InChI is InChI=1S/C15H14BrNO4/c1-2-20-12-4-6-13(7-5-12)21-10-11-3-8-14(16)15(9-11)17(18)19/h3-9H,2,10H2,1H3. The summed E-state index contributed by atoms with van der Waals surface area (Å²) in [6.07, 6.45) is 0. The summed E-state index contributed by atoms with van der Waals surface area (Å²) in [4.78, 5) is 10.4. The number of hydrogen-bond acceptors (Lipinski definition) is 4. The maximum Gasteiger partial charge on any atom is 0.283 e. The molecule has 0 aliphatic rings. The third kappa shape index (κ3) is 4.19. The molecule has 0 spiro atoms. The normalized spacial score (nSPS) is 10.2. The van der Waals surface area contributed by atoms with E-state index in [1.54, 1.807) is 24.3 Å². The van der Waals surface area contributed by atoms with E-state index in [0.29, 0.717) is 16.8 Å².